The van der Waals surface area contributed by atoms with Crippen molar-refractivity contribution in [3.63, 3.8) is 0 Å². The summed E-state index contributed by atoms with van der Waals surface area (Å²) in [6.07, 6.45) is 0. The van der Waals surface area contributed by atoms with Crippen LogP contribution in [-0.2, 0) is 47.3 Å². The number of benzene rings is 4. The van der Waals surface area contributed by atoms with Gasteiger partial charge >= 0.3 is 13.8 Å². The van der Waals surface area contributed by atoms with Crippen LogP contribution in [0, 0.1) is 6.92 Å². The van der Waals surface area contributed by atoms with Crippen LogP contribution in [0.1, 0.15) is 231 Å². The zero-order valence-corrected chi connectivity index (χ0v) is 44.6. The Morgan fingerprint density at radius 1 is 0.469 bits per heavy atom. The molecule has 0 radical (unpaired) electrons. The largest absolute Gasteiger partial charge is 0.647 e. The molecule has 4 aromatic carbocycles. The Kier molecular flexibility index (Phi) is 12.0. The van der Waals surface area contributed by atoms with Gasteiger partial charge in [0.25, 0.3) is 0 Å². The molecule has 0 saturated heterocycles. The molecule has 0 N–H and O–H groups in total. The molecule has 1 atom stereocenters. The predicted octanol–water partition coefficient (Wildman–Crippen LogP) is 16.2. The lowest BCUT2D eigenvalue weighted by Crippen LogP contribution is -2.25. The summed E-state index contributed by atoms with van der Waals surface area (Å²) < 4.78 is 43.4. The summed E-state index contributed by atoms with van der Waals surface area (Å²) in [5, 5.41) is 0. The fraction of sp³-hybridized carbons (Fsp3) is 0.561. The van der Waals surface area contributed by atoms with E-state index in [1.807, 2.05) is 19.1 Å². The number of ether oxygens (including phenoxy) is 1. The summed E-state index contributed by atoms with van der Waals surface area (Å²) in [6, 6.07) is 17.3. The monoisotopic (exact) mass is 891 g/mol. The summed E-state index contributed by atoms with van der Waals surface area (Å²) in [6.45, 7) is 49.9. The molecule has 64 heavy (non-hydrogen) atoms. The molecule has 0 bridgehead atoms. The Hall–Kier alpha value is -4.02. The van der Waals surface area contributed by atoms with Crippen molar-refractivity contribution >= 4 is 13.8 Å². The van der Waals surface area contributed by atoms with Gasteiger partial charge in [-0.2, -0.15) is 4.57 Å². The van der Waals surface area contributed by atoms with Crippen LogP contribution in [0.4, 0.5) is 0 Å². The Morgan fingerprint density at radius 3 is 1.19 bits per heavy atom. The average molecular weight is 891 g/mol. The molecule has 6 rings (SSSR count). The van der Waals surface area contributed by atoms with E-state index in [1.165, 1.54) is 11.1 Å². The molecule has 1 unspecified atom stereocenters. The number of hydrogen-bond acceptors (Lipinski definition) is 6. The SMILES string of the molecule is Cc1cc(C2C(=O)Oc3c2cc(C(C)(C)C)cc3C(C)(C)C)cc(C(C)(C)C)c1OP1(=O)Oc2c(cc(C(C)(C)C)cc2C(C)(C)C)C(C)c2cc(C(C)(C)C)cc(C(C)(C)C)c2O1. The Bertz CT molecular complexity index is 2470. The van der Waals surface area contributed by atoms with E-state index in [1.54, 1.807) is 0 Å². The minimum Gasteiger partial charge on any atom is -0.425 e. The second-order valence-corrected chi connectivity index (χ2v) is 27.5. The third-order valence-electron chi connectivity index (χ3n) is 13.1. The Morgan fingerprint density at radius 2 is 0.828 bits per heavy atom. The first-order valence-corrected chi connectivity index (χ1v) is 24.8. The quantitative estimate of drug-likeness (QED) is 0.116. The molecule has 0 fully saturated rings. The predicted molar refractivity (Wildman–Crippen MR) is 266 cm³/mol. The molecule has 0 aliphatic carbocycles. The number of carbonyl (C=O) groups is 1. The van der Waals surface area contributed by atoms with E-state index in [2.05, 4.69) is 189 Å². The second-order valence-electron chi connectivity index (χ2n) is 26.1. The minimum absolute atomic E-state index is 0.156. The van der Waals surface area contributed by atoms with Gasteiger partial charge in [0.15, 0.2) is 0 Å². The maximum absolute atomic E-state index is 16.2. The molecule has 348 valence electrons. The van der Waals surface area contributed by atoms with E-state index in [0.717, 1.165) is 50.1 Å². The van der Waals surface area contributed by atoms with Crippen molar-refractivity contribution in [2.45, 2.75) is 209 Å². The first-order valence-electron chi connectivity index (χ1n) is 23.3. The molecule has 0 spiro atoms. The van der Waals surface area contributed by atoms with Crippen molar-refractivity contribution in [1.82, 2.24) is 0 Å². The summed E-state index contributed by atoms with van der Waals surface area (Å²) in [7, 11) is -4.57. The van der Waals surface area contributed by atoms with Crippen molar-refractivity contribution in [3.05, 3.63) is 115 Å². The van der Waals surface area contributed by atoms with Gasteiger partial charge in [-0.05, 0) is 72.6 Å². The summed E-state index contributed by atoms with van der Waals surface area (Å²) in [5.41, 5.74) is 9.37. The van der Waals surface area contributed by atoms with E-state index >= 15 is 4.57 Å². The highest BCUT2D eigenvalue weighted by molar-refractivity contribution is 7.49. The number of phosphoric acid groups is 1. The molecule has 0 amide bonds. The topological polar surface area (TPSA) is 71.1 Å². The number of phosphoric ester groups is 1. The smallest absolute Gasteiger partial charge is 0.425 e. The third kappa shape index (κ3) is 9.47. The molecule has 7 heteroatoms. The lowest BCUT2D eigenvalue weighted by Gasteiger charge is -2.37. The Balaban J connectivity index is 1.64. The standard InChI is InChI=1S/C57H79O6P/c1-32-24-34(45-40-28-37(53(9,10)11)29-42(55(15,16)17)47(40)60-50(45)58)25-41(54(12,13)14)46(32)61-64(59)62-48-38(26-35(51(3,4)5)30-43(48)56(18,19)20)33(2)39-27-36(52(6,7)8)31-44(49(39)63-64)57(21,22)23/h24-31,33,45H,1-23H3. The average Bonchev–Trinajstić information content (AvgIpc) is 3.43. The van der Waals surface area contributed by atoms with Gasteiger partial charge in [-0.1, -0.05) is 201 Å². The third-order valence-corrected chi connectivity index (χ3v) is 14.3. The number of hydrogen-bond donors (Lipinski definition) is 0. The van der Waals surface area contributed by atoms with Crippen LogP contribution in [0.3, 0.4) is 0 Å². The Labute approximate surface area is 387 Å². The van der Waals surface area contributed by atoms with Gasteiger partial charge in [0.05, 0.1) is 0 Å². The van der Waals surface area contributed by atoms with Crippen molar-refractivity contribution in [1.29, 1.82) is 0 Å². The van der Waals surface area contributed by atoms with E-state index in [0.29, 0.717) is 28.6 Å². The van der Waals surface area contributed by atoms with Crippen LogP contribution in [0.25, 0.3) is 0 Å². The minimum atomic E-state index is -4.57. The number of rotatable bonds is 3. The van der Waals surface area contributed by atoms with Crippen LogP contribution < -0.4 is 18.3 Å². The highest BCUT2D eigenvalue weighted by atomic mass is 31.2. The molecule has 4 aromatic rings. The molecule has 2 aliphatic heterocycles. The zero-order chi connectivity index (χ0) is 48.5. The second kappa shape index (κ2) is 15.5. The van der Waals surface area contributed by atoms with Gasteiger partial charge in [0.1, 0.15) is 28.9 Å². The summed E-state index contributed by atoms with van der Waals surface area (Å²) >= 11 is 0. The number of carbonyl (C=O) groups excluding carboxylic acids is 1. The molecule has 2 heterocycles. The van der Waals surface area contributed by atoms with Crippen LogP contribution in [0.2, 0.25) is 0 Å². The number of esters is 1. The first kappa shape index (κ1) is 49.4. The maximum Gasteiger partial charge on any atom is 0.647 e. The van der Waals surface area contributed by atoms with Crippen molar-refractivity contribution < 1.29 is 27.7 Å². The fourth-order valence-electron chi connectivity index (χ4n) is 8.91. The molecule has 2 aliphatic rings. The van der Waals surface area contributed by atoms with Crippen molar-refractivity contribution in [3.8, 4) is 23.0 Å². The summed E-state index contributed by atoms with van der Waals surface area (Å²) in [4.78, 5) is 14.2. The molecular formula is C57H79O6P. The maximum atomic E-state index is 16.2. The van der Waals surface area contributed by atoms with Crippen LogP contribution in [0.5, 0.6) is 23.0 Å². The van der Waals surface area contributed by atoms with Gasteiger partial charge < -0.3 is 18.3 Å². The van der Waals surface area contributed by atoms with Crippen LogP contribution >= 0.6 is 7.82 Å². The van der Waals surface area contributed by atoms with Gasteiger partial charge in [0.2, 0.25) is 0 Å². The lowest BCUT2D eigenvalue weighted by molar-refractivity contribution is -0.133. The highest BCUT2D eigenvalue weighted by Crippen LogP contribution is 2.61. The molecular weight excluding hydrogens is 812 g/mol. The van der Waals surface area contributed by atoms with E-state index in [9.17, 15) is 4.79 Å². The molecule has 0 aromatic heterocycles. The van der Waals surface area contributed by atoms with E-state index in [-0.39, 0.29) is 44.4 Å². The van der Waals surface area contributed by atoms with Crippen LogP contribution in [-0.4, -0.2) is 5.97 Å². The number of aryl methyl sites for hydroxylation is 1. The zero-order valence-electron chi connectivity index (χ0n) is 43.7. The van der Waals surface area contributed by atoms with Gasteiger partial charge in [0, 0.05) is 44.9 Å². The fourth-order valence-corrected chi connectivity index (χ4v) is 10.3. The summed E-state index contributed by atoms with van der Waals surface area (Å²) in [5.74, 6) is 0.970. The van der Waals surface area contributed by atoms with Crippen LogP contribution in [0.15, 0.2) is 48.5 Å². The van der Waals surface area contributed by atoms with Gasteiger partial charge in [-0.15, -0.1) is 0 Å². The van der Waals surface area contributed by atoms with Crippen molar-refractivity contribution in [2.24, 2.45) is 0 Å². The first-order chi connectivity index (χ1) is 28.7. The lowest BCUT2D eigenvalue weighted by atomic mass is 9.74. The van der Waals surface area contributed by atoms with Gasteiger partial charge in [-0.25, -0.2) is 0 Å². The van der Waals surface area contributed by atoms with Gasteiger partial charge in [-0.3, -0.25) is 4.79 Å². The van der Waals surface area contributed by atoms with Crippen molar-refractivity contribution in [2.75, 3.05) is 0 Å². The van der Waals surface area contributed by atoms with E-state index in [4.69, 9.17) is 18.3 Å². The number of fused-ring (bicyclic) bond motifs is 3. The highest BCUT2D eigenvalue weighted by Gasteiger charge is 2.46. The molecule has 6 nitrogen and oxygen atoms in total. The molecule has 0 saturated carbocycles. The van der Waals surface area contributed by atoms with E-state index < -0.39 is 19.2 Å². The normalized spacial score (nSPS) is 19.7.